The van der Waals surface area contributed by atoms with Crippen molar-refractivity contribution >= 4 is 38.4 Å². The Bertz CT molecular complexity index is 712. The summed E-state index contributed by atoms with van der Waals surface area (Å²) in [6, 6.07) is 9.57. The fourth-order valence-corrected chi connectivity index (χ4v) is 2.68. The number of ether oxygens (including phenoxy) is 1. The molecule has 0 heterocycles. The monoisotopic (exact) mass is 363 g/mol. The number of methoxy groups -OCH3 is 1. The van der Waals surface area contributed by atoms with Crippen LogP contribution >= 0.6 is 15.9 Å². The van der Waals surface area contributed by atoms with Gasteiger partial charge in [-0.05, 0) is 47.0 Å². The van der Waals surface area contributed by atoms with Crippen molar-refractivity contribution in [1.29, 1.82) is 0 Å². The van der Waals surface area contributed by atoms with Crippen LogP contribution in [-0.2, 0) is 11.2 Å². The lowest BCUT2D eigenvalue weighted by Crippen LogP contribution is -2.22. The van der Waals surface area contributed by atoms with Crippen molar-refractivity contribution in [3.05, 3.63) is 41.5 Å². The average Bonchev–Trinajstić information content (AvgIpc) is 2.53. The molecule has 0 saturated carbocycles. The van der Waals surface area contributed by atoms with E-state index in [4.69, 9.17) is 4.74 Å². The molecule has 0 aliphatic heterocycles. The summed E-state index contributed by atoms with van der Waals surface area (Å²) in [5, 5.41) is 5.11. The van der Waals surface area contributed by atoms with Crippen molar-refractivity contribution in [2.75, 3.05) is 19.0 Å². The minimum absolute atomic E-state index is 0.0403. The zero-order valence-corrected chi connectivity index (χ0v) is 14.2. The van der Waals surface area contributed by atoms with Gasteiger partial charge in [-0.15, -0.1) is 0 Å². The Morgan fingerprint density at radius 3 is 2.64 bits per heavy atom. The molecule has 0 aromatic heterocycles. The number of hydrogen-bond donors (Lipinski definition) is 1. The summed E-state index contributed by atoms with van der Waals surface area (Å²) in [4.78, 5) is 23.0. The van der Waals surface area contributed by atoms with Gasteiger partial charge in [0.1, 0.15) is 5.75 Å². The molecule has 2 aromatic rings. The molecule has 2 aromatic carbocycles. The molecule has 4 nitrogen and oxygen atoms in total. The second-order valence-electron chi connectivity index (χ2n) is 5.01. The van der Waals surface area contributed by atoms with Crippen LogP contribution in [0.4, 0.5) is 0 Å². The minimum atomic E-state index is -0.0606. The lowest BCUT2D eigenvalue weighted by molar-refractivity contribution is -0.118. The zero-order valence-electron chi connectivity index (χ0n) is 12.6. The van der Waals surface area contributed by atoms with E-state index in [1.165, 1.54) is 6.92 Å². The number of benzene rings is 2. The first kappa shape index (κ1) is 16.5. The van der Waals surface area contributed by atoms with E-state index in [1.807, 2.05) is 30.3 Å². The van der Waals surface area contributed by atoms with E-state index < -0.39 is 0 Å². The lowest BCUT2D eigenvalue weighted by atomic mass is 9.97. The van der Waals surface area contributed by atoms with Gasteiger partial charge in [0.25, 0.3) is 0 Å². The topological polar surface area (TPSA) is 55.4 Å². The molecular formula is C17H18BrNO3. The summed E-state index contributed by atoms with van der Waals surface area (Å²) >= 11 is 3.21. The molecule has 0 unspecified atom stereocenters. The largest absolute Gasteiger partial charge is 0.497 e. The maximum absolute atomic E-state index is 12.0. The number of nitrogens with one attached hydrogen (secondary N) is 1. The van der Waals surface area contributed by atoms with E-state index in [-0.39, 0.29) is 11.7 Å². The van der Waals surface area contributed by atoms with Gasteiger partial charge in [-0.1, -0.05) is 22.0 Å². The molecule has 0 aliphatic carbocycles. The van der Waals surface area contributed by atoms with Crippen molar-refractivity contribution in [1.82, 2.24) is 5.32 Å². The van der Waals surface area contributed by atoms with Crippen molar-refractivity contribution in [3.63, 3.8) is 0 Å². The number of hydrogen-bond acceptors (Lipinski definition) is 3. The van der Waals surface area contributed by atoms with Gasteiger partial charge in [-0.2, -0.15) is 0 Å². The molecule has 5 heteroatoms. The number of carbonyl (C=O) groups excluding carboxylic acids is 2. The SMILES string of the molecule is COc1ccc2cc(C(=O)CBr)cc(CCNC(C)=O)c2c1. The molecule has 1 amide bonds. The van der Waals surface area contributed by atoms with E-state index in [1.54, 1.807) is 7.11 Å². The Balaban J connectivity index is 2.46. The number of rotatable bonds is 6. The maximum atomic E-state index is 12.0. The van der Waals surface area contributed by atoms with E-state index >= 15 is 0 Å². The first-order valence-electron chi connectivity index (χ1n) is 6.99. The Labute approximate surface area is 138 Å². The molecular weight excluding hydrogens is 346 g/mol. The van der Waals surface area contributed by atoms with Crippen molar-refractivity contribution in [2.45, 2.75) is 13.3 Å². The van der Waals surface area contributed by atoms with E-state index in [9.17, 15) is 9.59 Å². The van der Waals surface area contributed by atoms with E-state index in [0.717, 1.165) is 22.1 Å². The minimum Gasteiger partial charge on any atom is -0.497 e. The van der Waals surface area contributed by atoms with Crippen molar-refractivity contribution in [2.24, 2.45) is 0 Å². The van der Waals surface area contributed by atoms with Gasteiger partial charge in [0.2, 0.25) is 5.91 Å². The van der Waals surface area contributed by atoms with E-state index in [2.05, 4.69) is 21.2 Å². The zero-order chi connectivity index (χ0) is 16.1. The molecule has 116 valence electrons. The maximum Gasteiger partial charge on any atom is 0.216 e. The quantitative estimate of drug-likeness (QED) is 0.633. The second-order valence-corrected chi connectivity index (χ2v) is 5.57. The summed E-state index contributed by atoms with van der Waals surface area (Å²) < 4.78 is 5.27. The molecule has 0 aliphatic rings. The molecule has 22 heavy (non-hydrogen) atoms. The number of Topliss-reactive ketones (excluding diaryl/α,β-unsaturated/α-hetero) is 1. The highest BCUT2D eigenvalue weighted by molar-refractivity contribution is 9.09. The third-order valence-electron chi connectivity index (χ3n) is 3.46. The van der Waals surface area contributed by atoms with Gasteiger partial charge in [-0.3, -0.25) is 9.59 Å². The summed E-state index contributed by atoms with van der Waals surface area (Å²) in [5.74, 6) is 0.751. The number of amides is 1. The van der Waals surface area contributed by atoms with Crippen LogP contribution in [0.5, 0.6) is 5.75 Å². The Hall–Kier alpha value is -1.88. The van der Waals surface area contributed by atoms with Gasteiger partial charge in [-0.25, -0.2) is 0 Å². The van der Waals surface area contributed by atoms with Gasteiger partial charge < -0.3 is 10.1 Å². The number of fused-ring (bicyclic) bond motifs is 1. The van der Waals surface area contributed by atoms with E-state index in [0.29, 0.717) is 23.9 Å². The van der Waals surface area contributed by atoms with Gasteiger partial charge in [0.15, 0.2) is 5.78 Å². The van der Waals surface area contributed by atoms with Crippen LogP contribution in [-0.4, -0.2) is 30.7 Å². The molecule has 0 radical (unpaired) electrons. The summed E-state index contributed by atoms with van der Waals surface area (Å²) in [7, 11) is 1.63. The molecule has 0 bridgehead atoms. The first-order chi connectivity index (χ1) is 10.5. The lowest BCUT2D eigenvalue weighted by Gasteiger charge is -2.11. The number of ketones is 1. The van der Waals surface area contributed by atoms with Crippen molar-refractivity contribution in [3.8, 4) is 5.75 Å². The number of carbonyl (C=O) groups is 2. The smallest absolute Gasteiger partial charge is 0.216 e. The summed E-state index contributed by atoms with van der Waals surface area (Å²) in [5.41, 5.74) is 1.70. The fourth-order valence-electron chi connectivity index (χ4n) is 2.36. The summed E-state index contributed by atoms with van der Waals surface area (Å²) in [6.45, 7) is 2.03. The predicted molar refractivity (Wildman–Crippen MR) is 91.0 cm³/mol. The van der Waals surface area contributed by atoms with Crippen LogP contribution in [0.3, 0.4) is 0 Å². The van der Waals surface area contributed by atoms with Crippen LogP contribution in [0.2, 0.25) is 0 Å². The van der Waals surface area contributed by atoms with Crippen LogP contribution in [0.1, 0.15) is 22.8 Å². The Kier molecular flexibility index (Phi) is 5.55. The van der Waals surface area contributed by atoms with Crippen LogP contribution in [0.15, 0.2) is 30.3 Å². The number of alkyl halides is 1. The molecule has 0 atom stereocenters. The van der Waals surface area contributed by atoms with Crippen LogP contribution in [0, 0.1) is 0 Å². The molecule has 1 N–H and O–H groups in total. The van der Waals surface area contributed by atoms with Crippen LogP contribution in [0.25, 0.3) is 10.8 Å². The second kappa shape index (κ2) is 7.40. The highest BCUT2D eigenvalue weighted by atomic mass is 79.9. The normalized spacial score (nSPS) is 10.5. The van der Waals surface area contributed by atoms with Gasteiger partial charge >= 0.3 is 0 Å². The standard InChI is InChI=1S/C17H18BrNO3/c1-11(20)19-6-5-13-8-14(17(21)10-18)7-12-3-4-15(22-2)9-16(12)13/h3-4,7-9H,5-6,10H2,1-2H3,(H,19,20). The molecule has 0 saturated heterocycles. The summed E-state index contributed by atoms with van der Waals surface area (Å²) in [6.07, 6.45) is 0.659. The third-order valence-corrected chi connectivity index (χ3v) is 3.97. The van der Waals surface area contributed by atoms with Gasteiger partial charge in [0.05, 0.1) is 12.4 Å². The third kappa shape index (κ3) is 3.85. The predicted octanol–water partition coefficient (Wildman–Crippen LogP) is 3.10. The molecule has 0 spiro atoms. The Morgan fingerprint density at radius 2 is 2.00 bits per heavy atom. The Morgan fingerprint density at radius 1 is 1.23 bits per heavy atom. The highest BCUT2D eigenvalue weighted by Crippen LogP contribution is 2.26. The first-order valence-corrected chi connectivity index (χ1v) is 8.11. The number of halogens is 1. The van der Waals surface area contributed by atoms with Crippen molar-refractivity contribution < 1.29 is 14.3 Å². The molecule has 0 fully saturated rings. The van der Waals surface area contributed by atoms with Crippen LogP contribution < -0.4 is 10.1 Å². The average molecular weight is 364 g/mol. The van der Waals surface area contributed by atoms with Gasteiger partial charge in [0, 0.05) is 19.0 Å². The highest BCUT2D eigenvalue weighted by Gasteiger charge is 2.10. The fraction of sp³-hybridized carbons (Fsp3) is 0.294. The molecule has 2 rings (SSSR count).